The molecule has 2 atom stereocenters. The number of hydrogen-bond donors (Lipinski definition) is 1. The third kappa shape index (κ3) is 0.576. The van der Waals surface area contributed by atoms with Crippen LogP contribution in [0.4, 0.5) is 0 Å². The summed E-state index contributed by atoms with van der Waals surface area (Å²) in [5.41, 5.74) is 0.689. The van der Waals surface area contributed by atoms with Crippen molar-refractivity contribution in [2.24, 2.45) is 11.3 Å². The fraction of sp³-hybridized carbons (Fsp3) is 1.00. The third-order valence-electron chi connectivity index (χ3n) is 2.52. The van der Waals surface area contributed by atoms with Crippen molar-refractivity contribution in [3.8, 4) is 0 Å². The summed E-state index contributed by atoms with van der Waals surface area (Å²) in [6, 6.07) is 0.907. The predicted octanol–water partition coefficient (Wildman–Crippen LogP) is 1.00. The largest absolute Gasteiger partial charge is 0.311 e. The van der Waals surface area contributed by atoms with Crippen molar-refractivity contribution in [3.05, 3.63) is 0 Å². The summed E-state index contributed by atoms with van der Waals surface area (Å²) < 4.78 is 0. The van der Waals surface area contributed by atoms with Crippen LogP contribution >= 0.6 is 0 Å². The second-order valence-corrected chi connectivity index (χ2v) is 3.81. The van der Waals surface area contributed by atoms with Gasteiger partial charge in [-0.05, 0) is 17.8 Å². The summed E-state index contributed by atoms with van der Waals surface area (Å²) >= 11 is 0. The van der Waals surface area contributed by atoms with E-state index in [2.05, 4.69) is 19.2 Å². The number of rotatable bonds is 1. The summed E-state index contributed by atoms with van der Waals surface area (Å²) in [5.74, 6) is 1.02. The topological polar surface area (TPSA) is 21.9 Å². The van der Waals surface area contributed by atoms with Crippen LogP contribution in [0.15, 0.2) is 0 Å². The SMILES string of the molecule is CC1(C)CC1C1CN1. The van der Waals surface area contributed by atoms with Gasteiger partial charge >= 0.3 is 0 Å². The molecule has 1 aliphatic heterocycles. The minimum absolute atomic E-state index is 0.689. The Kier molecular flexibility index (Phi) is 0.663. The molecule has 0 bridgehead atoms. The molecule has 1 heteroatoms. The maximum atomic E-state index is 3.35. The van der Waals surface area contributed by atoms with E-state index >= 15 is 0 Å². The molecule has 0 spiro atoms. The lowest BCUT2D eigenvalue weighted by molar-refractivity contribution is 0.552. The molecule has 2 unspecified atom stereocenters. The molecule has 1 nitrogen and oxygen atoms in total. The molecule has 0 amide bonds. The molecule has 1 N–H and O–H groups in total. The van der Waals surface area contributed by atoms with Gasteiger partial charge in [0.05, 0.1) is 0 Å². The summed E-state index contributed by atoms with van der Waals surface area (Å²) in [5, 5.41) is 3.35. The van der Waals surface area contributed by atoms with Crippen molar-refractivity contribution in [1.82, 2.24) is 5.32 Å². The van der Waals surface area contributed by atoms with Crippen LogP contribution in [-0.4, -0.2) is 12.6 Å². The summed E-state index contributed by atoms with van der Waals surface area (Å²) in [6.07, 6.45) is 1.45. The average Bonchev–Trinajstić information content (AvgIpc) is 2.37. The van der Waals surface area contributed by atoms with Crippen molar-refractivity contribution >= 4 is 0 Å². The monoisotopic (exact) mass is 111 g/mol. The Morgan fingerprint density at radius 3 is 2.12 bits per heavy atom. The summed E-state index contributed by atoms with van der Waals surface area (Å²) in [7, 11) is 0. The van der Waals surface area contributed by atoms with Crippen LogP contribution in [0, 0.1) is 11.3 Å². The Bertz CT molecular complexity index is 114. The van der Waals surface area contributed by atoms with E-state index in [4.69, 9.17) is 0 Å². The van der Waals surface area contributed by atoms with Crippen LogP contribution in [-0.2, 0) is 0 Å². The van der Waals surface area contributed by atoms with Crippen molar-refractivity contribution in [1.29, 1.82) is 0 Å². The molecule has 0 aromatic heterocycles. The highest BCUT2D eigenvalue weighted by molar-refractivity contribution is 5.07. The zero-order chi connectivity index (χ0) is 5.78. The first-order valence-corrected chi connectivity index (χ1v) is 3.43. The molecule has 1 saturated carbocycles. The van der Waals surface area contributed by atoms with Crippen LogP contribution in [0.5, 0.6) is 0 Å². The Morgan fingerprint density at radius 2 is 2.00 bits per heavy atom. The fourth-order valence-corrected chi connectivity index (χ4v) is 1.55. The van der Waals surface area contributed by atoms with Crippen molar-refractivity contribution < 1.29 is 0 Å². The fourth-order valence-electron chi connectivity index (χ4n) is 1.55. The smallest absolute Gasteiger partial charge is 0.0226 e. The van der Waals surface area contributed by atoms with Gasteiger partial charge in [0.1, 0.15) is 0 Å². The first-order chi connectivity index (χ1) is 3.70. The minimum Gasteiger partial charge on any atom is -0.311 e. The van der Waals surface area contributed by atoms with Crippen molar-refractivity contribution in [3.63, 3.8) is 0 Å². The second-order valence-electron chi connectivity index (χ2n) is 3.81. The van der Waals surface area contributed by atoms with E-state index in [0.29, 0.717) is 5.41 Å². The Hall–Kier alpha value is -0.0400. The van der Waals surface area contributed by atoms with Crippen LogP contribution in [0.2, 0.25) is 0 Å². The second kappa shape index (κ2) is 1.10. The van der Waals surface area contributed by atoms with Crippen LogP contribution in [0.1, 0.15) is 20.3 Å². The first kappa shape index (κ1) is 4.80. The van der Waals surface area contributed by atoms with Gasteiger partial charge in [0, 0.05) is 12.6 Å². The minimum atomic E-state index is 0.689. The molecule has 1 heterocycles. The molecule has 0 aromatic rings. The first-order valence-electron chi connectivity index (χ1n) is 3.43. The molecular weight excluding hydrogens is 98.1 g/mol. The van der Waals surface area contributed by atoms with Gasteiger partial charge in [-0.2, -0.15) is 0 Å². The maximum absolute atomic E-state index is 3.35. The molecule has 2 fully saturated rings. The quantitative estimate of drug-likeness (QED) is 0.501. The van der Waals surface area contributed by atoms with E-state index in [9.17, 15) is 0 Å². The van der Waals surface area contributed by atoms with Gasteiger partial charge in [-0.3, -0.25) is 0 Å². The lowest BCUT2D eigenvalue weighted by Crippen LogP contribution is -1.99. The van der Waals surface area contributed by atoms with Gasteiger partial charge < -0.3 is 5.32 Å². The Labute approximate surface area is 50.5 Å². The highest BCUT2D eigenvalue weighted by Crippen LogP contribution is 2.55. The van der Waals surface area contributed by atoms with E-state index < -0.39 is 0 Å². The van der Waals surface area contributed by atoms with Crippen molar-refractivity contribution in [2.75, 3.05) is 6.54 Å². The summed E-state index contributed by atoms with van der Waals surface area (Å²) in [4.78, 5) is 0. The van der Waals surface area contributed by atoms with E-state index in [-0.39, 0.29) is 0 Å². The van der Waals surface area contributed by atoms with Crippen LogP contribution < -0.4 is 5.32 Å². The Balaban J connectivity index is 1.95. The zero-order valence-corrected chi connectivity index (χ0v) is 5.57. The highest BCUT2D eigenvalue weighted by atomic mass is 15.1. The normalized spacial score (nSPS) is 48.8. The number of hydrogen-bond acceptors (Lipinski definition) is 1. The number of nitrogens with one attached hydrogen (secondary N) is 1. The van der Waals surface area contributed by atoms with Gasteiger partial charge in [-0.1, -0.05) is 13.8 Å². The molecule has 0 radical (unpaired) electrons. The van der Waals surface area contributed by atoms with Gasteiger partial charge in [-0.15, -0.1) is 0 Å². The van der Waals surface area contributed by atoms with Gasteiger partial charge in [0.25, 0.3) is 0 Å². The molecule has 8 heavy (non-hydrogen) atoms. The van der Waals surface area contributed by atoms with Gasteiger partial charge in [-0.25, -0.2) is 0 Å². The zero-order valence-electron chi connectivity index (χ0n) is 5.57. The Morgan fingerprint density at radius 1 is 1.50 bits per heavy atom. The lowest BCUT2D eigenvalue weighted by Gasteiger charge is -1.96. The molecule has 46 valence electrons. The highest BCUT2D eigenvalue weighted by Gasteiger charge is 2.53. The molecule has 2 rings (SSSR count). The van der Waals surface area contributed by atoms with E-state index in [1.54, 1.807) is 0 Å². The van der Waals surface area contributed by atoms with E-state index in [0.717, 1.165) is 12.0 Å². The molecule has 0 aromatic carbocycles. The lowest BCUT2D eigenvalue weighted by atomic mass is 10.1. The molecule has 1 saturated heterocycles. The summed E-state index contributed by atoms with van der Waals surface area (Å²) in [6.45, 7) is 6.00. The van der Waals surface area contributed by atoms with E-state index in [1.165, 1.54) is 13.0 Å². The maximum Gasteiger partial charge on any atom is 0.0226 e. The van der Waals surface area contributed by atoms with Crippen LogP contribution in [0.3, 0.4) is 0 Å². The average molecular weight is 111 g/mol. The van der Waals surface area contributed by atoms with Gasteiger partial charge in [0.15, 0.2) is 0 Å². The predicted molar refractivity (Wildman–Crippen MR) is 33.7 cm³/mol. The molecular formula is C7H13N. The molecule has 2 aliphatic rings. The van der Waals surface area contributed by atoms with Crippen molar-refractivity contribution in [2.45, 2.75) is 26.3 Å². The molecule has 1 aliphatic carbocycles. The standard InChI is InChI=1S/C7H13N/c1-7(2)3-5(7)6-4-8-6/h5-6,8H,3-4H2,1-2H3. The third-order valence-corrected chi connectivity index (χ3v) is 2.52. The van der Waals surface area contributed by atoms with Crippen LogP contribution in [0.25, 0.3) is 0 Å². The van der Waals surface area contributed by atoms with Gasteiger partial charge in [0.2, 0.25) is 0 Å². The van der Waals surface area contributed by atoms with E-state index in [1.807, 2.05) is 0 Å².